The summed E-state index contributed by atoms with van der Waals surface area (Å²) >= 11 is 1.85. The highest BCUT2D eigenvalue weighted by atomic mass is 32.2. The standard InChI is InChI=1S/C13H19N3S/c1-9(2)7-11-8-15-13(17-11)16-12-5-4-6-14-10(12)3/h4-6,9,11H,7-8H2,1-3H3,(H,15,16). The molecule has 1 atom stereocenters. The first-order valence-corrected chi connectivity index (χ1v) is 6.93. The van der Waals surface area contributed by atoms with Crippen LogP contribution in [0.4, 0.5) is 5.69 Å². The van der Waals surface area contributed by atoms with E-state index in [9.17, 15) is 0 Å². The summed E-state index contributed by atoms with van der Waals surface area (Å²) in [5, 5.41) is 5.03. The summed E-state index contributed by atoms with van der Waals surface area (Å²) in [7, 11) is 0. The molecule has 4 heteroatoms. The van der Waals surface area contributed by atoms with Crippen LogP contribution in [0.15, 0.2) is 23.3 Å². The second kappa shape index (κ2) is 5.54. The number of aromatic nitrogens is 1. The molecule has 3 nitrogen and oxygen atoms in total. The molecule has 0 bridgehead atoms. The van der Waals surface area contributed by atoms with Crippen LogP contribution >= 0.6 is 11.8 Å². The lowest BCUT2D eigenvalue weighted by molar-refractivity contribution is 0.575. The van der Waals surface area contributed by atoms with Gasteiger partial charge in [-0.15, -0.1) is 0 Å². The molecule has 0 aromatic carbocycles. The lowest BCUT2D eigenvalue weighted by atomic mass is 10.1. The highest BCUT2D eigenvalue weighted by molar-refractivity contribution is 8.15. The average Bonchev–Trinajstić information content (AvgIpc) is 2.68. The van der Waals surface area contributed by atoms with Gasteiger partial charge in [0.05, 0.1) is 17.9 Å². The van der Waals surface area contributed by atoms with Crippen LogP contribution in [0, 0.1) is 12.8 Å². The summed E-state index contributed by atoms with van der Waals surface area (Å²) in [6, 6.07) is 3.99. The predicted octanol–water partition coefficient (Wildman–Crippen LogP) is 3.32. The zero-order valence-corrected chi connectivity index (χ0v) is 11.4. The maximum Gasteiger partial charge on any atom is 0.161 e. The van der Waals surface area contributed by atoms with Crippen molar-refractivity contribution in [2.45, 2.75) is 32.4 Å². The van der Waals surface area contributed by atoms with Crippen molar-refractivity contribution in [1.82, 2.24) is 4.98 Å². The maximum absolute atomic E-state index is 4.55. The van der Waals surface area contributed by atoms with E-state index in [1.807, 2.05) is 37.0 Å². The first-order chi connectivity index (χ1) is 8.15. The van der Waals surface area contributed by atoms with E-state index in [-0.39, 0.29) is 0 Å². The molecule has 2 heterocycles. The summed E-state index contributed by atoms with van der Waals surface area (Å²) < 4.78 is 0. The molecule has 0 saturated heterocycles. The second-order valence-corrected chi connectivity index (χ2v) is 6.07. The van der Waals surface area contributed by atoms with Gasteiger partial charge in [0.15, 0.2) is 5.17 Å². The van der Waals surface area contributed by atoms with Crippen LogP contribution in [-0.4, -0.2) is 21.9 Å². The van der Waals surface area contributed by atoms with Gasteiger partial charge < -0.3 is 5.32 Å². The third kappa shape index (κ3) is 3.46. The Morgan fingerprint density at radius 2 is 2.35 bits per heavy atom. The number of thioether (sulfide) groups is 1. The molecule has 0 aliphatic carbocycles. The molecular weight excluding hydrogens is 230 g/mol. The van der Waals surface area contributed by atoms with Crippen molar-refractivity contribution in [2.75, 3.05) is 11.9 Å². The molecule has 1 N–H and O–H groups in total. The zero-order chi connectivity index (χ0) is 12.3. The number of anilines is 1. The number of aliphatic imine (C=N–C) groups is 1. The number of pyridine rings is 1. The van der Waals surface area contributed by atoms with Crippen LogP contribution in [0.3, 0.4) is 0 Å². The van der Waals surface area contributed by atoms with Crippen molar-refractivity contribution in [3.8, 4) is 0 Å². The zero-order valence-electron chi connectivity index (χ0n) is 10.6. The molecule has 1 unspecified atom stereocenters. The van der Waals surface area contributed by atoms with E-state index in [4.69, 9.17) is 0 Å². The number of rotatable bonds is 3. The summed E-state index contributed by atoms with van der Waals surface area (Å²) in [6.45, 7) is 7.47. The van der Waals surface area contributed by atoms with Gasteiger partial charge in [-0.1, -0.05) is 25.6 Å². The van der Waals surface area contributed by atoms with Crippen molar-refractivity contribution in [1.29, 1.82) is 0 Å². The second-order valence-electron chi connectivity index (χ2n) is 4.78. The first-order valence-electron chi connectivity index (χ1n) is 6.05. The van der Waals surface area contributed by atoms with E-state index >= 15 is 0 Å². The number of hydrogen-bond acceptors (Lipinski definition) is 4. The van der Waals surface area contributed by atoms with Gasteiger partial charge in [0.25, 0.3) is 0 Å². The smallest absolute Gasteiger partial charge is 0.161 e. The van der Waals surface area contributed by atoms with Gasteiger partial charge in [0, 0.05) is 11.4 Å². The minimum atomic E-state index is 0.634. The van der Waals surface area contributed by atoms with Crippen LogP contribution in [0.1, 0.15) is 26.0 Å². The van der Waals surface area contributed by atoms with Gasteiger partial charge in [-0.25, -0.2) is 0 Å². The molecule has 0 spiro atoms. The number of nitrogens with one attached hydrogen (secondary N) is 1. The molecule has 0 fully saturated rings. The van der Waals surface area contributed by atoms with Crippen LogP contribution in [0.2, 0.25) is 0 Å². The number of amidine groups is 1. The predicted molar refractivity (Wildman–Crippen MR) is 75.7 cm³/mol. The fourth-order valence-electron chi connectivity index (χ4n) is 1.87. The molecule has 0 amide bonds. The first kappa shape index (κ1) is 12.4. The average molecular weight is 249 g/mol. The largest absolute Gasteiger partial charge is 0.333 e. The highest BCUT2D eigenvalue weighted by Gasteiger charge is 2.20. The third-order valence-corrected chi connectivity index (χ3v) is 3.83. The van der Waals surface area contributed by atoms with E-state index in [1.54, 1.807) is 0 Å². The Kier molecular flexibility index (Phi) is 4.05. The van der Waals surface area contributed by atoms with Gasteiger partial charge in [-0.05, 0) is 31.4 Å². The number of nitrogens with zero attached hydrogens (tertiary/aromatic N) is 2. The summed E-state index contributed by atoms with van der Waals surface area (Å²) in [5.74, 6) is 0.738. The summed E-state index contributed by atoms with van der Waals surface area (Å²) in [6.07, 6.45) is 3.04. The van der Waals surface area contributed by atoms with E-state index in [0.29, 0.717) is 5.25 Å². The monoisotopic (exact) mass is 249 g/mol. The quantitative estimate of drug-likeness (QED) is 0.893. The van der Waals surface area contributed by atoms with Crippen molar-refractivity contribution in [3.63, 3.8) is 0 Å². The van der Waals surface area contributed by atoms with Crippen molar-refractivity contribution in [3.05, 3.63) is 24.0 Å². The Morgan fingerprint density at radius 1 is 1.53 bits per heavy atom. The molecule has 1 aromatic heterocycles. The van der Waals surface area contributed by atoms with Gasteiger partial charge in [0.1, 0.15) is 0 Å². The maximum atomic E-state index is 4.55. The molecule has 2 rings (SSSR count). The molecule has 92 valence electrons. The molecule has 1 aliphatic rings. The minimum absolute atomic E-state index is 0.634. The van der Waals surface area contributed by atoms with Crippen molar-refractivity contribution >= 4 is 22.6 Å². The fourth-order valence-corrected chi connectivity index (χ4v) is 3.13. The Morgan fingerprint density at radius 3 is 3.06 bits per heavy atom. The number of aryl methyl sites for hydroxylation is 1. The Bertz CT molecular complexity index is 415. The lowest BCUT2D eigenvalue weighted by Gasteiger charge is -2.11. The normalized spacial score (nSPS) is 19.5. The molecule has 0 radical (unpaired) electrons. The SMILES string of the molecule is Cc1ncccc1NC1=NCC(CC(C)C)S1. The van der Waals surface area contributed by atoms with Crippen LogP contribution in [-0.2, 0) is 0 Å². The van der Waals surface area contributed by atoms with Crippen LogP contribution in [0.25, 0.3) is 0 Å². The summed E-state index contributed by atoms with van der Waals surface area (Å²) in [4.78, 5) is 8.81. The summed E-state index contributed by atoms with van der Waals surface area (Å²) in [5.41, 5.74) is 2.08. The molecule has 17 heavy (non-hydrogen) atoms. The van der Waals surface area contributed by atoms with Gasteiger partial charge >= 0.3 is 0 Å². The van der Waals surface area contributed by atoms with E-state index in [0.717, 1.165) is 29.0 Å². The van der Waals surface area contributed by atoms with Gasteiger partial charge in [-0.3, -0.25) is 9.98 Å². The molecular formula is C13H19N3S. The van der Waals surface area contributed by atoms with Crippen LogP contribution in [0.5, 0.6) is 0 Å². The highest BCUT2D eigenvalue weighted by Crippen LogP contribution is 2.27. The van der Waals surface area contributed by atoms with E-state index in [1.165, 1.54) is 6.42 Å². The van der Waals surface area contributed by atoms with E-state index < -0.39 is 0 Å². The molecule has 1 aromatic rings. The molecule has 0 saturated carbocycles. The van der Waals surface area contributed by atoms with Crippen LogP contribution < -0.4 is 5.32 Å². The van der Waals surface area contributed by atoms with Crippen molar-refractivity contribution < 1.29 is 0 Å². The Hall–Kier alpha value is -1.03. The Balaban J connectivity index is 1.92. The topological polar surface area (TPSA) is 37.3 Å². The lowest BCUT2D eigenvalue weighted by Crippen LogP contribution is -2.10. The fraction of sp³-hybridized carbons (Fsp3) is 0.538. The number of hydrogen-bond donors (Lipinski definition) is 1. The third-order valence-electron chi connectivity index (χ3n) is 2.70. The minimum Gasteiger partial charge on any atom is -0.333 e. The van der Waals surface area contributed by atoms with Gasteiger partial charge in [0.2, 0.25) is 0 Å². The van der Waals surface area contributed by atoms with E-state index in [2.05, 4.69) is 29.1 Å². The van der Waals surface area contributed by atoms with Crippen molar-refractivity contribution in [2.24, 2.45) is 10.9 Å². The van der Waals surface area contributed by atoms with Gasteiger partial charge in [-0.2, -0.15) is 0 Å². The Labute approximate surface area is 107 Å². The molecule has 1 aliphatic heterocycles.